The number of hydrogen-bond donors (Lipinski definition) is 2. The minimum atomic E-state index is -1.33. The third kappa shape index (κ3) is 7.63. The zero-order chi connectivity index (χ0) is 34.2. The van der Waals surface area contributed by atoms with E-state index in [9.17, 15) is 9.90 Å². The van der Waals surface area contributed by atoms with E-state index in [1.807, 2.05) is 0 Å². The fraction of sp³-hybridized carbons (Fsp3) is 0.343. The first-order chi connectivity index (χ1) is 23.3. The van der Waals surface area contributed by atoms with Crippen molar-refractivity contribution < 1.29 is 38.0 Å². The molecule has 0 saturated carbocycles. The van der Waals surface area contributed by atoms with Gasteiger partial charge in [-0.25, -0.2) is 19.1 Å². The van der Waals surface area contributed by atoms with Crippen LogP contribution in [0.2, 0.25) is 0 Å². The second-order valence-electron chi connectivity index (χ2n) is 11.3. The van der Waals surface area contributed by atoms with Gasteiger partial charge >= 0.3 is 6.09 Å². The van der Waals surface area contributed by atoms with Crippen LogP contribution in [0.5, 0.6) is 28.7 Å². The number of carboxylic acid groups (broad SMARTS) is 1. The lowest BCUT2D eigenvalue weighted by molar-refractivity contribution is 0.147. The molecule has 2 unspecified atom stereocenters. The van der Waals surface area contributed by atoms with Crippen molar-refractivity contribution in [2.24, 2.45) is 5.92 Å². The molecule has 0 aliphatic carbocycles. The van der Waals surface area contributed by atoms with Crippen LogP contribution in [-0.4, -0.2) is 81.3 Å². The summed E-state index contributed by atoms with van der Waals surface area (Å²) in [7, 11) is 8.05. The second-order valence-corrected chi connectivity index (χ2v) is 11.3. The Kier molecular flexibility index (Phi) is 11.0. The second kappa shape index (κ2) is 15.5. The number of aromatic nitrogens is 2. The Morgan fingerprint density at radius 3 is 2.38 bits per heavy atom. The van der Waals surface area contributed by atoms with Crippen molar-refractivity contribution in [1.29, 1.82) is 0 Å². The monoisotopic (exact) mass is 661 g/mol. The average Bonchev–Trinajstić information content (AvgIpc) is 3.09. The van der Waals surface area contributed by atoms with Crippen molar-refractivity contribution in [3.05, 3.63) is 83.8 Å². The van der Waals surface area contributed by atoms with Gasteiger partial charge in [-0.05, 0) is 75.0 Å². The summed E-state index contributed by atoms with van der Waals surface area (Å²) in [4.78, 5) is 25.3. The van der Waals surface area contributed by atoms with E-state index < -0.39 is 18.0 Å². The number of nitrogens with zero attached hydrogens (tertiary/aromatic N) is 4. The van der Waals surface area contributed by atoms with E-state index in [-0.39, 0.29) is 17.5 Å². The standard InChI is InChI=1S/C35H40FN5O7/c1-40-17-7-8-22(20-40)21-48-28-13-11-23(18-26(28)36)38-34-37-16-15-31(39-34)41(35(42)43)33(25-19-24(44-2)12-14-27(25)45-3)32-29(46-4)9-6-10-30(32)47-5/h6,9-16,18-19,22,33H,7-8,17,20-21H2,1-5H3,(H,42,43)(H,37,38,39). The van der Waals surface area contributed by atoms with Crippen LogP contribution in [0.25, 0.3) is 0 Å². The highest BCUT2D eigenvalue weighted by Crippen LogP contribution is 2.46. The summed E-state index contributed by atoms with van der Waals surface area (Å²) in [5, 5.41) is 13.8. The topological polar surface area (TPSA) is 128 Å². The van der Waals surface area contributed by atoms with Gasteiger partial charge in [-0.1, -0.05) is 6.07 Å². The summed E-state index contributed by atoms with van der Waals surface area (Å²) >= 11 is 0. The molecule has 0 radical (unpaired) electrons. The third-order valence-electron chi connectivity index (χ3n) is 8.21. The van der Waals surface area contributed by atoms with Crippen molar-refractivity contribution in [3.63, 3.8) is 0 Å². The van der Waals surface area contributed by atoms with Crippen molar-refractivity contribution in [3.8, 4) is 28.7 Å². The molecule has 48 heavy (non-hydrogen) atoms. The number of carbonyl (C=O) groups is 1. The molecule has 1 aliphatic rings. The molecule has 3 aromatic carbocycles. The summed E-state index contributed by atoms with van der Waals surface area (Å²) in [6, 6.07) is 15.1. The van der Waals surface area contributed by atoms with Crippen molar-refractivity contribution in [1.82, 2.24) is 14.9 Å². The van der Waals surface area contributed by atoms with Crippen LogP contribution < -0.4 is 33.9 Å². The number of likely N-dealkylation sites (tertiary alicyclic amines) is 1. The Bertz CT molecular complexity index is 1700. The maximum Gasteiger partial charge on any atom is 0.413 e. The predicted molar refractivity (Wildman–Crippen MR) is 179 cm³/mol. The fourth-order valence-corrected chi connectivity index (χ4v) is 5.95. The Hall–Kier alpha value is -5.30. The molecule has 1 amide bonds. The highest BCUT2D eigenvalue weighted by molar-refractivity contribution is 5.88. The zero-order valence-corrected chi connectivity index (χ0v) is 27.6. The predicted octanol–water partition coefficient (Wildman–Crippen LogP) is 6.39. The van der Waals surface area contributed by atoms with E-state index in [0.717, 1.165) is 30.8 Å². The van der Waals surface area contributed by atoms with Crippen LogP contribution in [0.3, 0.4) is 0 Å². The molecule has 0 spiro atoms. The number of ether oxygens (including phenoxy) is 5. The number of methoxy groups -OCH3 is 4. The molecule has 2 N–H and O–H groups in total. The Morgan fingerprint density at radius 2 is 1.73 bits per heavy atom. The zero-order valence-electron chi connectivity index (χ0n) is 27.6. The van der Waals surface area contributed by atoms with Crippen LogP contribution in [0.1, 0.15) is 30.0 Å². The van der Waals surface area contributed by atoms with Crippen molar-refractivity contribution in [2.45, 2.75) is 18.9 Å². The molecule has 2 heterocycles. The molecule has 12 nitrogen and oxygen atoms in total. The lowest BCUT2D eigenvalue weighted by Gasteiger charge is -2.32. The van der Waals surface area contributed by atoms with Gasteiger partial charge in [-0.15, -0.1) is 0 Å². The lowest BCUT2D eigenvalue weighted by Crippen LogP contribution is -2.36. The molecule has 5 rings (SSSR count). The van der Waals surface area contributed by atoms with E-state index in [2.05, 4.69) is 27.2 Å². The molecule has 4 aromatic rings. The van der Waals surface area contributed by atoms with E-state index in [0.29, 0.717) is 52.3 Å². The first kappa shape index (κ1) is 34.0. The van der Waals surface area contributed by atoms with Crippen LogP contribution in [0.15, 0.2) is 66.9 Å². The van der Waals surface area contributed by atoms with Gasteiger partial charge in [0.05, 0.1) is 40.6 Å². The van der Waals surface area contributed by atoms with Crippen LogP contribution in [-0.2, 0) is 0 Å². The molecule has 13 heteroatoms. The smallest absolute Gasteiger partial charge is 0.413 e. The van der Waals surface area contributed by atoms with Gasteiger partial charge in [-0.3, -0.25) is 0 Å². The maximum atomic E-state index is 15.1. The number of anilines is 3. The van der Waals surface area contributed by atoms with Crippen molar-refractivity contribution >= 4 is 23.5 Å². The molecular formula is C35H40FN5O7. The Morgan fingerprint density at radius 1 is 1.00 bits per heavy atom. The first-order valence-corrected chi connectivity index (χ1v) is 15.4. The van der Waals surface area contributed by atoms with Gasteiger partial charge in [0.1, 0.15) is 34.9 Å². The summed E-state index contributed by atoms with van der Waals surface area (Å²) in [6.07, 6.45) is 2.21. The molecule has 1 fully saturated rings. The Labute approximate surface area is 279 Å². The minimum absolute atomic E-state index is 0.0145. The van der Waals surface area contributed by atoms with Crippen LogP contribution >= 0.6 is 0 Å². The first-order valence-electron chi connectivity index (χ1n) is 15.4. The third-order valence-corrected chi connectivity index (χ3v) is 8.21. The lowest BCUT2D eigenvalue weighted by atomic mass is 9.94. The van der Waals surface area contributed by atoms with E-state index in [4.69, 9.17) is 23.7 Å². The molecule has 0 bridgehead atoms. The fourth-order valence-electron chi connectivity index (χ4n) is 5.95. The molecule has 1 aliphatic heterocycles. The number of halogens is 1. The largest absolute Gasteiger partial charge is 0.497 e. The van der Waals surface area contributed by atoms with Gasteiger partial charge in [0.2, 0.25) is 5.95 Å². The van der Waals surface area contributed by atoms with E-state index >= 15 is 4.39 Å². The van der Waals surface area contributed by atoms with Gasteiger partial charge in [0.25, 0.3) is 0 Å². The molecule has 2 atom stereocenters. The molecule has 1 saturated heterocycles. The number of rotatable bonds is 13. The summed E-state index contributed by atoms with van der Waals surface area (Å²) in [5.74, 6) is 1.61. The minimum Gasteiger partial charge on any atom is -0.497 e. The number of piperidine rings is 1. The van der Waals surface area contributed by atoms with Gasteiger partial charge in [0.15, 0.2) is 11.6 Å². The summed E-state index contributed by atoms with van der Waals surface area (Å²) in [6.45, 7) is 2.40. The molecular weight excluding hydrogens is 621 g/mol. The highest BCUT2D eigenvalue weighted by Gasteiger charge is 2.36. The maximum absolute atomic E-state index is 15.1. The number of amides is 1. The average molecular weight is 662 g/mol. The number of hydrogen-bond acceptors (Lipinski definition) is 10. The van der Waals surface area contributed by atoms with E-state index in [1.54, 1.807) is 48.5 Å². The van der Waals surface area contributed by atoms with Gasteiger partial charge in [0, 0.05) is 36.0 Å². The number of benzene rings is 3. The number of nitrogens with one attached hydrogen (secondary N) is 1. The van der Waals surface area contributed by atoms with Gasteiger partial charge < -0.3 is 39.0 Å². The van der Waals surface area contributed by atoms with E-state index in [1.165, 1.54) is 46.8 Å². The summed E-state index contributed by atoms with van der Waals surface area (Å²) < 4.78 is 43.5. The molecule has 254 valence electrons. The summed E-state index contributed by atoms with van der Waals surface area (Å²) in [5.41, 5.74) is 1.20. The van der Waals surface area contributed by atoms with Gasteiger partial charge in [-0.2, -0.15) is 4.98 Å². The van der Waals surface area contributed by atoms with Crippen LogP contribution in [0.4, 0.5) is 26.6 Å². The molecule has 1 aromatic heterocycles. The normalized spacial score (nSPS) is 15.2. The highest BCUT2D eigenvalue weighted by atomic mass is 19.1. The van der Waals surface area contributed by atoms with Crippen LogP contribution in [0, 0.1) is 11.7 Å². The SMILES string of the molecule is COc1ccc(OC)c(C(c2c(OC)cccc2OC)N(C(=O)O)c2ccnc(Nc3ccc(OCC4CCCN(C)C4)c(F)c3)n2)c1. The quantitative estimate of drug-likeness (QED) is 0.166. The van der Waals surface area contributed by atoms with Crippen molar-refractivity contribution in [2.75, 3.05) is 65.4 Å². The Balaban J connectivity index is 1.50.